The molecule has 0 spiro atoms. The van der Waals surface area contributed by atoms with Gasteiger partial charge in [-0.3, -0.25) is 0 Å². The largest absolute Gasteiger partial charge is 0.497 e. The van der Waals surface area contributed by atoms with E-state index in [1.54, 1.807) is 7.11 Å². The maximum absolute atomic E-state index is 13.6. The van der Waals surface area contributed by atoms with Crippen molar-refractivity contribution in [3.05, 3.63) is 29.8 Å². The smallest absolute Gasteiger partial charge is 0.124 e. The Labute approximate surface area is 83.9 Å². The fourth-order valence-electron chi connectivity index (χ4n) is 1.28. The van der Waals surface area contributed by atoms with Gasteiger partial charge in [0.15, 0.2) is 0 Å². The number of hydrogen-bond donors (Lipinski definition) is 1. The predicted octanol–water partition coefficient (Wildman–Crippen LogP) is 1.92. The molecule has 1 unspecified atom stereocenters. The van der Waals surface area contributed by atoms with Crippen LogP contribution >= 0.6 is 0 Å². The van der Waals surface area contributed by atoms with Gasteiger partial charge in [0.1, 0.15) is 11.4 Å². The van der Waals surface area contributed by atoms with Crippen LogP contribution in [0.4, 0.5) is 4.39 Å². The molecule has 78 valence electrons. The highest BCUT2D eigenvalue weighted by Gasteiger charge is 2.21. The molecular formula is C11H16FNO. The summed E-state index contributed by atoms with van der Waals surface area (Å²) in [6.07, 6.45) is 0.320. The van der Waals surface area contributed by atoms with Crippen molar-refractivity contribution in [2.75, 3.05) is 13.7 Å². The Bertz CT molecular complexity index is 299. The third kappa shape index (κ3) is 3.00. The van der Waals surface area contributed by atoms with Crippen LogP contribution < -0.4 is 10.5 Å². The molecule has 1 rings (SSSR count). The Hall–Kier alpha value is -1.09. The molecule has 1 aromatic rings. The minimum absolute atomic E-state index is 0.0320. The van der Waals surface area contributed by atoms with Crippen molar-refractivity contribution in [1.29, 1.82) is 0 Å². The lowest BCUT2D eigenvalue weighted by Gasteiger charge is -2.17. The van der Waals surface area contributed by atoms with E-state index in [2.05, 4.69) is 0 Å². The van der Waals surface area contributed by atoms with Crippen LogP contribution in [0, 0.1) is 0 Å². The van der Waals surface area contributed by atoms with Crippen molar-refractivity contribution in [1.82, 2.24) is 0 Å². The number of hydrogen-bond acceptors (Lipinski definition) is 2. The van der Waals surface area contributed by atoms with Crippen molar-refractivity contribution < 1.29 is 9.13 Å². The zero-order valence-electron chi connectivity index (χ0n) is 8.59. The topological polar surface area (TPSA) is 35.2 Å². The number of benzene rings is 1. The average Bonchev–Trinajstić information content (AvgIpc) is 2.17. The fraction of sp³-hybridized carbons (Fsp3) is 0.455. The van der Waals surface area contributed by atoms with Crippen molar-refractivity contribution in [3.8, 4) is 5.75 Å². The van der Waals surface area contributed by atoms with Gasteiger partial charge in [0.2, 0.25) is 0 Å². The van der Waals surface area contributed by atoms with Gasteiger partial charge in [-0.2, -0.15) is 0 Å². The Balaban J connectivity index is 2.76. The van der Waals surface area contributed by atoms with Crippen molar-refractivity contribution in [2.24, 2.45) is 5.73 Å². The first-order chi connectivity index (χ1) is 6.57. The fourth-order valence-corrected chi connectivity index (χ4v) is 1.28. The van der Waals surface area contributed by atoms with E-state index in [-0.39, 0.29) is 6.54 Å². The summed E-state index contributed by atoms with van der Waals surface area (Å²) in [5.74, 6) is 0.746. The summed E-state index contributed by atoms with van der Waals surface area (Å²) in [4.78, 5) is 0. The second-order valence-corrected chi connectivity index (χ2v) is 3.65. The van der Waals surface area contributed by atoms with Crippen LogP contribution in [0.15, 0.2) is 24.3 Å². The minimum atomic E-state index is -1.34. The molecule has 2 nitrogen and oxygen atoms in total. The van der Waals surface area contributed by atoms with E-state index in [0.29, 0.717) is 6.42 Å². The number of nitrogens with two attached hydrogens (primary N) is 1. The van der Waals surface area contributed by atoms with Gasteiger partial charge in [0.25, 0.3) is 0 Å². The Morgan fingerprint density at radius 2 is 2.21 bits per heavy atom. The summed E-state index contributed by atoms with van der Waals surface area (Å²) in [7, 11) is 1.59. The van der Waals surface area contributed by atoms with E-state index in [1.807, 2.05) is 24.3 Å². The van der Waals surface area contributed by atoms with E-state index in [4.69, 9.17) is 10.5 Å². The van der Waals surface area contributed by atoms with Crippen LogP contribution in [0.25, 0.3) is 0 Å². The molecule has 0 saturated carbocycles. The summed E-state index contributed by atoms with van der Waals surface area (Å²) in [6.45, 7) is 1.54. The number of methoxy groups -OCH3 is 1. The molecule has 14 heavy (non-hydrogen) atoms. The molecule has 0 aliphatic heterocycles. The van der Waals surface area contributed by atoms with Gasteiger partial charge in [-0.05, 0) is 24.6 Å². The molecule has 0 heterocycles. The summed E-state index contributed by atoms with van der Waals surface area (Å²) in [5.41, 5.74) is 4.88. The van der Waals surface area contributed by atoms with Crippen molar-refractivity contribution in [2.45, 2.75) is 19.0 Å². The Kier molecular flexibility index (Phi) is 3.47. The molecular weight excluding hydrogens is 181 g/mol. The first-order valence-corrected chi connectivity index (χ1v) is 4.59. The summed E-state index contributed by atoms with van der Waals surface area (Å²) in [6, 6.07) is 7.38. The van der Waals surface area contributed by atoms with Crippen LogP contribution in [-0.2, 0) is 6.42 Å². The van der Waals surface area contributed by atoms with Crippen LogP contribution in [0.1, 0.15) is 12.5 Å². The minimum Gasteiger partial charge on any atom is -0.497 e. The molecule has 0 bridgehead atoms. The molecule has 1 aromatic carbocycles. The lowest BCUT2D eigenvalue weighted by atomic mass is 9.98. The predicted molar refractivity (Wildman–Crippen MR) is 55.3 cm³/mol. The third-order valence-electron chi connectivity index (χ3n) is 2.13. The quantitative estimate of drug-likeness (QED) is 0.800. The first kappa shape index (κ1) is 11.0. The molecule has 2 N–H and O–H groups in total. The maximum atomic E-state index is 13.6. The van der Waals surface area contributed by atoms with Gasteiger partial charge in [-0.15, -0.1) is 0 Å². The average molecular weight is 197 g/mol. The molecule has 0 aliphatic rings. The molecule has 0 fully saturated rings. The van der Waals surface area contributed by atoms with Gasteiger partial charge in [0.05, 0.1) is 7.11 Å². The second-order valence-electron chi connectivity index (χ2n) is 3.65. The number of halogens is 1. The summed E-state index contributed by atoms with van der Waals surface area (Å²) < 4.78 is 18.6. The van der Waals surface area contributed by atoms with E-state index >= 15 is 0 Å². The highest BCUT2D eigenvalue weighted by Crippen LogP contribution is 2.19. The van der Waals surface area contributed by atoms with Crippen LogP contribution in [0.5, 0.6) is 5.75 Å². The van der Waals surface area contributed by atoms with Crippen molar-refractivity contribution >= 4 is 0 Å². The maximum Gasteiger partial charge on any atom is 0.124 e. The third-order valence-corrected chi connectivity index (χ3v) is 2.13. The number of alkyl halides is 1. The molecule has 0 aliphatic carbocycles. The van der Waals surface area contributed by atoms with E-state index < -0.39 is 5.67 Å². The van der Waals surface area contributed by atoms with Gasteiger partial charge >= 0.3 is 0 Å². The second kappa shape index (κ2) is 4.42. The SMILES string of the molecule is COc1cccc(CC(C)(F)CN)c1. The number of ether oxygens (including phenoxy) is 1. The Morgan fingerprint density at radius 3 is 2.79 bits per heavy atom. The number of rotatable bonds is 4. The summed E-state index contributed by atoms with van der Waals surface area (Å²) >= 11 is 0. The van der Waals surface area contributed by atoms with Gasteiger partial charge in [-0.25, -0.2) is 4.39 Å². The normalized spacial score (nSPS) is 14.9. The van der Waals surface area contributed by atoms with Gasteiger partial charge in [0, 0.05) is 13.0 Å². The molecule has 1 atom stereocenters. The zero-order valence-corrected chi connectivity index (χ0v) is 8.59. The lowest BCUT2D eigenvalue weighted by molar-refractivity contribution is 0.200. The first-order valence-electron chi connectivity index (χ1n) is 4.59. The van der Waals surface area contributed by atoms with E-state index in [9.17, 15) is 4.39 Å². The van der Waals surface area contributed by atoms with E-state index in [1.165, 1.54) is 6.92 Å². The van der Waals surface area contributed by atoms with Gasteiger partial charge in [-0.1, -0.05) is 12.1 Å². The van der Waals surface area contributed by atoms with Crippen molar-refractivity contribution in [3.63, 3.8) is 0 Å². The van der Waals surface area contributed by atoms with Crippen LogP contribution in [0.3, 0.4) is 0 Å². The molecule has 0 radical (unpaired) electrons. The molecule has 3 heteroatoms. The Morgan fingerprint density at radius 1 is 1.50 bits per heavy atom. The van der Waals surface area contributed by atoms with Crippen LogP contribution in [-0.4, -0.2) is 19.3 Å². The van der Waals surface area contributed by atoms with E-state index in [0.717, 1.165) is 11.3 Å². The highest BCUT2D eigenvalue weighted by molar-refractivity contribution is 5.29. The summed E-state index contributed by atoms with van der Waals surface area (Å²) in [5, 5.41) is 0. The standard InChI is InChI=1S/C11H16FNO/c1-11(12,8-13)7-9-4-3-5-10(6-9)14-2/h3-6H,7-8,13H2,1-2H3. The molecule has 0 saturated heterocycles. The zero-order chi connectivity index (χ0) is 10.6. The molecule has 0 aromatic heterocycles. The monoisotopic (exact) mass is 197 g/mol. The highest BCUT2D eigenvalue weighted by atomic mass is 19.1. The van der Waals surface area contributed by atoms with Gasteiger partial charge < -0.3 is 10.5 Å². The molecule has 0 amide bonds. The van der Waals surface area contributed by atoms with Crippen LogP contribution in [0.2, 0.25) is 0 Å². The lowest BCUT2D eigenvalue weighted by Crippen LogP contribution is -2.31.